The van der Waals surface area contributed by atoms with Crippen molar-refractivity contribution in [3.63, 3.8) is 0 Å². The van der Waals surface area contributed by atoms with Crippen LogP contribution in [0.3, 0.4) is 0 Å². The Morgan fingerprint density at radius 1 is 1.18 bits per heavy atom. The summed E-state index contributed by atoms with van der Waals surface area (Å²) in [4.78, 5) is 1.55. The van der Waals surface area contributed by atoms with Gasteiger partial charge in [0.1, 0.15) is 0 Å². The molecule has 0 aliphatic heterocycles. The Morgan fingerprint density at radius 2 is 1.94 bits per heavy atom. The van der Waals surface area contributed by atoms with E-state index < -0.39 is 0 Å². The second kappa shape index (κ2) is 5.11. The van der Waals surface area contributed by atoms with E-state index in [2.05, 4.69) is 29.8 Å². The average Bonchev–Trinajstić information content (AvgIpc) is 2.87. The van der Waals surface area contributed by atoms with Gasteiger partial charge in [-0.15, -0.1) is 11.3 Å². The zero-order chi connectivity index (χ0) is 11.7. The van der Waals surface area contributed by atoms with Crippen LogP contribution in [-0.2, 0) is 0 Å². The van der Waals surface area contributed by atoms with Crippen LogP contribution in [0.1, 0.15) is 56.4 Å². The van der Waals surface area contributed by atoms with Crippen LogP contribution in [0.25, 0.3) is 0 Å². The highest BCUT2D eigenvalue weighted by Crippen LogP contribution is 2.43. The van der Waals surface area contributed by atoms with Gasteiger partial charge in [0.15, 0.2) is 0 Å². The van der Waals surface area contributed by atoms with Crippen LogP contribution in [0.5, 0.6) is 0 Å². The summed E-state index contributed by atoms with van der Waals surface area (Å²) in [6.07, 6.45) is 8.62. The van der Waals surface area contributed by atoms with Gasteiger partial charge in [0.05, 0.1) is 0 Å². The minimum Gasteiger partial charge on any atom is -0.306 e. The Labute approximate surface area is 109 Å². The predicted molar refractivity (Wildman–Crippen MR) is 74.3 cm³/mol. The Kier molecular flexibility index (Phi) is 3.53. The van der Waals surface area contributed by atoms with E-state index >= 15 is 0 Å². The standard InChI is InChI=1S/C15H23NS/c1-11(12-5-2-3-6-12)16-15(13-8-9-13)14-7-4-10-17-14/h4,7,10-13,15-16H,2-3,5-6,8-9H2,1H3. The summed E-state index contributed by atoms with van der Waals surface area (Å²) in [7, 11) is 0. The lowest BCUT2D eigenvalue weighted by Gasteiger charge is -2.26. The molecule has 1 aromatic rings. The summed E-state index contributed by atoms with van der Waals surface area (Å²) < 4.78 is 0. The molecule has 2 aliphatic rings. The Bertz CT molecular complexity index is 336. The number of nitrogens with one attached hydrogen (secondary N) is 1. The number of hydrogen-bond donors (Lipinski definition) is 1. The van der Waals surface area contributed by atoms with E-state index in [-0.39, 0.29) is 0 Å². The molecule has 1 nitrogen and oxygen atoms in total. The van der Waals surface area contributed by atoms with E-state index in [1.807, 2.05) is 11.3 Å². The van der Waals surface area contributed by atoms with E-state index in [1.165, 1.54) is 38.5 Å². The van der Waals surface area contributed by atoms with Crippen LogP contribution in [0.4, 0.5) is 0 Å². The normalized spacial score (nSPS) is 25.0. The van der Waals surface area contributed by atoms with Gasteiger partial charge in [0, 0.05) is 17.0 Å². The molecule has 2 fully saturated rings. The van der Waals surface area contributed by atoms with E-state index in [4.69, 9.17) is 0 Å². The fourth-order valence-corrected chi connectivity index (χ4v) is 4.10. The third kappa shape index (κ3) is 2.74. The predicted octanol–water partition coefficient (Wildman–Crippen LogP) is 4.37. The van der Waals surface area contributed by atoms with Gasteiger partial charge in [-0.1, -0.05) is 18.9 Å². The van der Waals surface area contributed by atoms with Crippen molar-refractivity contribution >= 4 is 11.3 Å². The van der Waals surface area contributed by atoms with Crippen molar-refractivity contribution in [3.05, 3.63) is 22.4 Å². The quantitative estimate of drug-likeness (QED) is 0.817. The fraction of sp³-hybridized carbons (Fsp3) is 0.733. The fourth-order valence-electron chi connectivity index (χ4n) is 3.23. The molecule has 0 amide bonds. The van der Waals surface area contributed by atoms with Crippen molar-refractivity contribution in [1.29, 1.82) is 0 Å². The summed E-state index contributed by atoms with van der Waals surface area (Å²) in [5.41, 5.74) is 0. The highest BCUT2D eigenvalue weighted by Gasteiger charge is 2.35. The second-order valence-electron chi connectivity index (χ2n) is 5.83. The third-order valence-corrected chi connectivity index (χ3v) is 5.45. The summed E-state index contributed by atoms with van der Waals surface area (Å²) >= 11 is 1.92. The molecule has 3 rings (SSSR count). The lowest BCUT2D eigenvalue weighted by molar-refractivity contribution is 0.329. The zero-order valence-corrected chi connectivity index (χ0v) is 11.5. The van der Waals surface area contributed by atoms with Crippen molar-refractivity contribution in [3.8, 4) is 0 Å². The molecule has 0 saturated heterocycles. The van der Waals surface area contributed by atoms with E-state index in [1.54, 1.807) is 4.88 Å². The van der Waals surface area contributed by atoms with Gasteiger partial charge in [0.2, 0.25) is 0 Å². The van der Waals surface area contributed by atoms with E-state index in [0.29, 0.717) is 12.1 Å². The molecule has 1 aromatic heterocycles. The molecular weight excluding hydrogens is 226 g/mol. The summed E-state index contributed by atoms with van der Waals surface area (Å²) in [6.45, 7) is 2.40. The van der Waals surface area contributed by atoms with Crippen molar-refractivity contribution in [2.24, 2.45) is 11.8 Å². The molecule has 0 aromatic carbocycles. The maximum absolute atomic E-state index is 3.93. The first-order valence-corrected chi connectivity index (χ1v) is 8.02. The molecule has 0 bridgehead atoms. The van der Waals surface area contributed by atoms with Crippen molar-refractivity contribution in [2.75, 3.05) is 0 Å². The summed E-state index contributed by atoms with van der Waals surface area (Å²) in [6, 6.07) is 5.84. The molecule has 0 spiro atoms. The number of rotatable bonds is 5. The first-order chi connectivity index (χ1) is 8.34. The van der Waals surface area contributed by atoms with Gasteiger partial charge in [-0.3, -0.25) is 0 Å². The minimum atomic E-state index is 0.644. The van der Waals surface area contributed by atoms with Gasteiger partial charge in [-0.25, -0.2) is 0 Å². The van der Waals surface area contributed by atoms with Crippen LogP contribution in [0.15, 0.2) is 17.5 Å². The SMILES string of the molecule is CC(NC(c1cccs1)C1CC1)C1CCCC1. The van der Waals surface area contributed by atoms with E-state index in [9.17, 15) is 0 Å². The number of hydrogen-bond acceptors (Lipinski definition) is 2. The summed E-state index contributed by atoms with van der Waals surface area (Å²) in [5.74, 6) is 1.84. The molecule has 2 unspecified atom stereocenters. The van der Waals surface area contributed by atoms with Gasteiger partial charge in [-0.05, 0) is 55.9 Å². The van der Waals surface area contributed by atoms with Crippen LogP contribution >= 0.6 is 11.3 Å². The maximum atomic E-state index is 3.93. The maximum Gasteiger partial charge on any atom is 0.0445 e. The van der Waals surface area contributed by atoms with Gasteiger partial charge >= 0.3 is 0 Å². The Balaban J connectivity index is 1.64. The zero-order valence-electron chi connectivity index (χ0n) is 10.7. The molecule has 17 heavy (non-hydrogen) atoms. The summed E-state index contributed by atoms with van der Waals surface area (Å²) in [5, 5.41) is 6.15. The average molecular weight is 249 g/mol. The lowest BCUT2D eigenvalue weighted by Crippen LogP contribution is -2.36. The van der Waals surface area contributed by atoms with Crippen LogP contribution < -0.4 is 5.32 Å². The number of thiophene rings is 1. The highest BCUT2D eigenvalue weighted by molar-refractivity contribution is 7.10. The van der Waals surface area contributed by atoms with E-state index in [0.717, 1.165) is 11.8 Å². The molecule has 1 heterocycles. The molecule has 2 aliphatic carbocycles. The molecule has 94 valence electrons. The van der Waals surface area contributed by atoms with Gasteiger partial charge in [-0.2, -0.15) is 0 Å². The van der Waals surface area contributed by atoms with Crippen molar-refractivity contribution in [2.45, 2.75) is 57.5 Å². The molecule has 2 atom stereocenters. The Hall–Kier alpha value is -0.340. The molecule has 1 N–H and O–H groups in total. The highest BCUT2D eigenvalue weighted by atomic mass is 32.1. The Morgan fingerprint density at radius 3 is 2.53 bits per heavy atom. The topological polar surface area (TPSA) is 12.0 Å². The second-order valence-corrected chi connectivity index (χ2v) is 6.81. The molecule has 2 heteroatoms. The minimum absolute atomic E-state index is 0.644. The largest absolute Gasteiger partial charge is 0.306 e. The van der Waals surface area contributed by atoms with Gasteiger partial charge < -0.3 is 5.32 Å². The first-order valence-electron chi connectivity index (χ1n) is 7.14. The van der Waals surface area contributed by atoms with Crippen LogP contribution in [-0.4, -0.2) is 6.04 Å². The molecule has 0 radical (unpaired) electrons. The third-order valence-electron chi connectivity index (χ3n) is 4.49. The molecular formula is C15H23NS. The lowest BCUT2D eigenvalue weighted by atomic mass is 9.98. The van der Waals surface area contributed by atoms with Crippen LogP contribution in [0, 0.1) is 11.8 Å². The smallest absolute Gasteiger partial charge is 0.0445 e. The first kappa shape index (κ1) is 11.7. The van der Waals surface area contributed by atoms with Gasteiger partial charge in [0.25, 0.3) is 0 Å². The van der Waals surface area contributed by atoms with Crippen molar-refractivity contribution < 1.29 is 0 Å². The van der Waals surface area contributed by atoms with Crippen molar-refractivity contribution in [1.82, 2.24) is 5.32 Å². The monoisotopic (exact) mass is 249 g/mol. The van der Waals surface area contributed by atoms with Crippen LogP contribution in [0.2, 0.25) is 0 Å². The molecule has 2 saturated carbocycles.